The summed E-state index contributed by atoms with van der Waals surface area (Å²) in [4.78, 5) is 11.8. The Morgan fingerprint density at radius 1 is 1.50 bits per heavy atom. The van der Waals surface area contributed by atoms with Crippen LogP contribution in [0.3, 0.4) is 0 Å². The van der Waals surface area contributed by atoms with Crippen LogP contribution in [0.2, 0.25) is 0 Å². The summed E-state index contributed by atoms with van der Waals surface area (Å²) < 4.78 is 0. The Balaban J connectivity index is 2.32. The van der Waals surface area contributed by atoms with Crippen molar-refractivity contribution >= 4 is 5.91 Å². The number of allylic oxidation sites excluding steroid dienone is 2. The zero-order chi connectivity index (χ0) is 13.4. The van der Waals surface area contributed by atoms with Gasteiger partial charge in [0.05, 0.1) is 0 Å². The molecule has 0 aliphatic heterocycles. The molecule has 3 nitrogen and oxygen atoms in total. The molecule has 3 atom stereocenters. The summed E-state index contributed by atoms with van der Waals surface area (Å²) in [7, 11) is 0. The number of carbonyl (C=O) groups excluding carboxylic acids is 1. The highest BCUT2D eigenvalue weighted by atomic mass is 16.1. The van der Waals surface area contributed by atoms with E-state index in [0.717, 1.165) is 19.3 Å². The molecule has 0 fully saturated rings. The molecule has 0 aromatic carbocycles. The minimum atomic E-state index is 0.151. The molecule has 3 unspecified atom stereocenters. The summed E-state index contributed by atoms with van der Waals surface area (Å²) in [5, 5.41) is 3.09. The van der Waals surface area contributed by atoms with E-state index in [1.54, 1.807) is 0 Å². The largest absolute Gasteiger partial charge is 0.352 e. The molecular formula is C15H28N2O. The summed E-state index contributed by atoms with van der Waals surface area (Å²) in [5.74, 6) is 1.31. The van der Waals surface area contributed by atoms with Crippen LogP contribution in [0.5, 0.6) is 0 Å². The number of nitrogens with one attached hydrogen (secondary N) is 1. The lowest BCUT2D eigenvalue weighted by Gasteiger charge is -2.24. The van der Waals surface area contributed by atoms with Crippen molar-refractivity contribution in [1.29, 1.82) is 0 Å². The Labute approximate surface area is 111 Å². The maximum absolute atomic E-state index is 11.8. The molecule has 0 bridgehead atoms. The highest BCUT2D eigenvalue weighted by Gasteiger charge is 2.18. The average Bonchev–Trinajstić information content (AvgIpc) is 2.38. The van der Waals surface area contributed by atoms with E-state index in [1.807, 2.05) is 0 Å². The lowest BCUT2D eigenvalue weighted by molar-refractivity contribution is -0.122. The van der Waals surface area contributed by atoms with Crippen LogP contribution < -0.4 is 11.1 Å². The number of nitrogens with two attached hydrogens (primary N) is 1. The minimum absolute atomic E-state index is 0.151. The highest BCUT2D eigenvalue weighted by molar-refractivity contribution is 5.76. The predicted molar refractivity (Wildman–Crippen MR) is 76.2 cm³/mol. The third-order valence-electron chi connectivity index (χ3n) is 3.88. The van der Waals surface area contributed by atoms with Crippen LogP contribution in [0.25, 0.3) is 0 Å². The number of rotatable bonds is 7. The molecule has 1 aliphatic carbocycles. The molecule has 0 heterocycles. The van der Waals surface area contributed by atoms with Gasteiger partial charge in [-0.05, 0) is 37.5 Å². The third kappa shape index (κ3) is 5.67. The fourth-order valence-electron chi connectivity index (χ4n) is 2.43. The van der Waals surface area contributed by atoms with Crippen LogP contribution in [0, 0.1) is 11.8 Å². The van der Waals surface area contributed by atoms with Gasteiger partial charge in [0.15, 0.2) is 0 Å². The van der Waals surface area contributed by atoms with Gasteiger partial charge in [0.2, 0.25) is 5.91 Å². The number of hydrogen-bond donors (Lipinski definition) is 2. The van der Waals surface area contributed by atoms with Crippen molar-refractivity contribution in [1.82, 2.24) is 5.32 Å². The van der Waals surface area contributed by atoms with Crippen molar-refractivity contribution in [2.45, 2.75) is 58.4 Å². The minimum Gasteiger partial charge on any atom is -0.352 e. The topological polar surface area (TPSA) is 55.1 Å². The van der Waals surface area contributed by atoms with E-state index in [4.69, 9.17) is 5.73 Å². The summed E-state index contributed by atoms with van der Waals surface area (Å²) in [5.41, 5.74) is 5.77. The Kier molecular flexibility index (Phi) is 7.02. The summed E-state index contributed by atoms with van der Waals surface area (Å²) >= 11 is 0. The van der Waals surface area contributed by atoms with E-state index in [2.05, 4.69) is 31.3 Å². The van der Waals surface area contributed by atoms with Gasteiger partial charge in [-0.2, -0.15) is 0 Å². The smallest absolute Gasteiger partial charge is 0.220 e. The average molecular weight is 252 g/mol. The first-order valence-corrected chi connectivity index (χ1v) is 7.30. The Hall–Kier alpha value is -0.830. The van der Waals surface area contributed by atoms with Crippen LogP contribution in [0.4, 0.5) is 0 Å². The number of amides is 1. The molecule has 3 heteroatoms. The second kappa shape index (κ2) is 8.30. The molecule has 1 amide bonds. The fourth-order valence-corrected chi connectivity index (χ4v) is 2.43. The van der Waals surface area contributed by atoms with Crippen LogP contribution >= 0.6 is 0 Å². The van der Waals surface area contributed by atoms with Crippen LogP contribution in [-0.4, -0.2) is 18.5 Å². The first-order valence-electron chi connectivity index (χ1n) is 7.30. The molecule has 0 aromatic rings. The molecule has 1 rings (SSSR count). The molecule has 1 aliphatic rings. The Morgan fingerprint density at radius 3 is 2.83 bits per heavy atom. The molecule has 0 spiro atoms. The Bertz CT molecular complexity index is 276. The fraction of sp³-hybridized carbons (Fsp3) is 0.800. The van der Waals surface area contributed by atoms with E-state index >= 15 is 0 Å². The van der Waals surface area contributed by atoms with Gasteiger partial charge in [-0.15, -0.1) is 0 Å². The molecule has 0 saturated carbocycles. The Morgan fingerprint density at radius 2 is 2.28 bits per heavy atom. The SMILES string of the molecule is CCC(C)CC(=O)NC(CN)CC1CC=CCC1. The van der Waals surface area contributed by atoms with E-state index < -0.39 is 0 Å². The lowest BCUT2D eigenvalue weighted by Crippen LogP contribution is -2.42. The van der Waals surface area contributed by atoms with Gasteiger partial charge in [0.1, 0.15) is 0 Å². The van der Waals surface area contributed by atoms with Crippen molar-refractivity contribution in [2.75, 3.05) is 6.54 Å². The summed E-state index contributed by atoms with van der Waals surface area (Å²) in [6.45, 7) is 4.78. The molecule has 104 valence electrons. The van der Waals surface area contributed by atoms with Crippen molar-refractivity contribution in [2.24, 2.45) is 17.6 Å². The van der Waals surface area contributed by atoms with Crippen molar-refractivity contribution in [3.8, 4) is 0 Å². The van der Waals surface area contributed by atoms with Gasteiger partial charge in [-0.3, -0.25) is 4.79 Å². The van der Waals surface area contributed by atoms with E-state index in [9.17, 15) is 4.79 Å². The van der Waals surface area contributed by atoms with Gasteiger partial charge in [-0.25, -0.2) is 0 Å². The van der Waals surface area contributed by atoms with E-state index in [-0.39, 0.29) is 11.9 Å². The normalized spacial score (nSPS) is 22.5. The van der Waals surface area contributed by atoms with Gasteiger partial charge in [-0.1, -0.05) is 32.4 Å². The van der Waals surface area contributed by atoms with Gasteiger partial charge in [0, 0.05) is 19.0 Å². The molecule has 0 radical (unpaired) electrons. The van der Waals surface area contributed by atoms with Crippen molar-refractivity contribution in [3.05, 3.63) is 12.2 Å². The van der Waals surface area contributed by atoms with Gasteiger partial charge < -0.3 is 11.1 Å². The standard InChI is InChI=1S/C15H28N2O/c1-3-12(2)9-15(18)17-14(11-16)10-13-7-5-4-6-8-13/h4-5,12-14H,3,6-11,16H2,1-2H3,(H,17,18). The molecular weight excluding hydrogens is 224 g/mol. The van der Waals surface area contributed by atoms with Crippen molar-refractivity contribution in [3.63, 3.8) is 0 Å². The first-order chi connectivity index (χ1) is 8.65. The highest BCUT2D eigenvalue weighted by Crippen LogP contribution is 2.22. The second-order valence-electron chi connectivity index (χ2n) is 5.60. The van der Waals surface area contributed by atoms with Crippen LogP contribution in [-0.2, 0) is 4.79 Å². The predicted octanol–water partition coefficient (Wildman–Crippen LogP) is 2.61. The van der Waals surface area contributed by atoms with Gasteiger partial charge >= 0.3 is 0 Å². The zero-order valence-electron chi connectivity index (χ0n) is 11.8. The first kappa shape index (κ1) is 15.2. The quantitative estimate of drug-likeness (QED) is 0.684. The van der Waals surface area contributed by atoms with Crippen molar-refractivity contribution < 1.29 is 4.79 Å². The molecule has 0 saturated heterocycles. The van der Waals surface area contributed by atoms with Crippen LogP contribution in [0.15, 0.2) is 12.2 Å². The van der Waals surface area contributed by atoms with E-state index in [1.165, 1.54) is 12.8 Å². The molecule has 18 heavy (non-hydrogen) atoms. The van der Waals surface area contributed by atoms with E-state index in [0.29, 0.717) is 24.8 Å². The maximum atomic E-state index is 11.8. The number of carbonyl (C=O) groups is 1. The molecule has 3 N–H and O–H groups in total. The lowest BCUT2D eigenvalue weighted by atomic mass is 9.88. The molecule has 0 aromatic heterocycles. The monoisotopic (exact) mass is 252 g/mol. The summed E-state index contributed by atoms with van der Waals surface area (Å²) in [6, 6.07) is 0.151. The number of hydrogen-bond acceptors (Lipinski definition) is 2. The third-order valence-corrected chi connectivity index (χ3v) is 3.88. The maximum Gasteiger partial charge on any atom is 0.220 e. The van der Waals surface area contributed by atoms with Crippen LogP contribution in [0.1, 0.15) is 52.4 Å². The van der Waals surface area contributed by atoms with Gasteiger partial charge in [0.25, 0.3) is 0 Å². The summed E-state index contributed by atoms with van der Waals surface area (Å²) in [6.07, 6.45) is 10.7. The zero-order valence-corrected chi connectivity index (χ0v) is 11.8. The second-order valence-corrected chi connectivity index (χ2v) is 5.60.